The molecule has 23 heavy (non-hydrogen) atoms. The number of halogens is 1. The van der Waals surface area contributed by atoms with Gasteiger partial charge in [-0.1, -0.05) is 24.9 Å². The fourth-order valence-electron chi connectivity index (χ4n) is 2.95. The quantitative estimate of drug-likeness (QED) is 0.900. The highest BCUT2D eigenvalue weighted by atomic mass is 35.5. The van der Waals surface area contributed by atoms with Crippen LogP contribution >= 0.6 is 11.6 Å². The highest BCUT2D eigenvalue weighted by Crippen LogP contribution is 2.24. The summed E-state index contributed by atoms with van der Waals surface area (Å²) in [5.41, 5.74) is 1.89. The van der Waals surface area contributed by atoms with Gasteiger partial charge < -0.3 is 10.6 Å². The molecule has 0 bridgehead atoms. The Balaban J connectivity index is 1.53. The van der Waals surface area contributed by atoms with Crippen LogP contribution in [-0.2, 0) is 6.54 Å². The molecule has 5 nitrogen and oxygen atoms in total. The van der Waals surface area contributed by atoms with Crippen molar-refractivity contribution >= 4 is 17.6 Å². The fraction of sp³-hybridized carbons (Fsp3) is 0.412. The number of rotatable bonds is 4. The summed E-state index contributed by atoms with van der Waals surface area (Å²) < 4.78 is 1.77. The normalized spacial score (nSPS) is 20.4. The second-order valence-corrected chi connectivity index (χ2v) is 6.55. The molecule has 1 fully saturated rings. The third kappa shape index (κ3) is 4.05. The minimum Gasteiger partial charge on any atom is -0.335 e. The van der Waals surface area contributed by atoms with Crippen molar-refractivity contribution < 1.29 is 4.79 Å². The van der Waals surface area contributed by atoms with E-state index in [1.54, 1.807) is 10.9 Å². The molecule has 1 aromatic heterocycles. The first kappa shape index (κ1) is 15.9. The van der Waals surface area contributed by atoms with E-state index in [0.29, 0.717) is 23.5 Å². The van der Waals surface area contributed by atoms with Crippen molar-refractivity contribution in [2.24, 2.45) is 5.92 Å². The van der Waals surface area contributed by atoms with Gasteiger partial charge in [-0.05, 0) is 43.0 Å². The van der Waals surface area contributed by atoms with Crippen molar-refractivity contribution in [3.05, 3.63) is 47.2 Å². The predicted octanol–water partition coefficient (Wildman–Crippen LogP) is 3.51. The Morgan fingerprint density at radius 1 is 1.35 bits per heavy atom. The number of amides is 2. The van der Waals surface area contributed by atoms with E-state index < -0.39 is 0 Å². The SMILES string of the molecule is CC1CCCC1NC(=O)NCc1cnn(-c2ccc(Cl)cc2)c1. The summed E-state index contributed by atoms with van der Waals surface area (Å²) in [6.45, 7) is 2.65. The van der Waals surface area contributed by atoms with Gasteiger partial charge in [0.05, 0.1) is 11.9 Å². The van der Waals surface area contributed by atoms with Gasteiger partial charge >= 0.3 is 6.03 Å². The average Bonchev–Trinajstić information content (AvgIpc) is 3.16. The van der Waals surface area contributed by atoms with Crippen LogP contribution in [0.1, 0.15) is 31.7 Å². The van der Waals surface area contributed by atoms with Gasteiger partial charge in [-0.15, -0.1) is 0 Å². The summed E-state index contributed by atoms with van der Waals surface area (Å²) in [7, 11) is 0. The molecule has 1 aliphatic carbocycles. The summed E-state index contributed by atoms with van der Waals surface area (Å²) in [6.07, 6.45) is 7.12. The zero-order chi connectivity index (χ0) is 16.2. The molecule has 1 heterocycles. The molecule has 0 saturated heterocycles. The van der Waals surface area contributed by atoms with E-state index in [9.17, 15) is 4.79 Å². The predicted molar refractivity (Wildman–Crippen MR) is 90.7 cm³/mol. The molecule has 1 aromatic carbocycles. The molecule has 2 aromatic rings. The van der Waals surface area contributed by atoms with Gasteiger partial charge in [0.25, 0.3) is 0 Å². The van der Waals surface area contributed by atoms with Gasteiger partial charge in [-0.2, -0.15) is 5.10 Å². The smallest absolute Gasteiger partial charge is 0.315 e. The van der Waals surface area contributed by atoms with Crippen LogP contribution in [0.5, 0.6) is 0 Å². The number of hydrogen-bond acceptors (Lipinski definition) is 2. The maximum atomic E-state index is 12.0. The molecule has 0 aliphatic heterocycles. The topological polar surface area (TPSA) is 59.0 Å². The third-order valence-electron chi connectivity index (χ3n) is 4.36. The molecular formula is C17H21ClN4O. The lowest BCUT2D eigenvalue weighted by atomic mass is 10.1. The maximum absolute atomic E-state index is 12.0. The van der Waals surface area contributed by atoms with Crippen LogP contribution in [0.25, 0.3) is 5.69 Å². The second-order valence-electron chi connectivity index (χ2n) is 6.11. The van der Waals surface area contributed by atoms with Gasteiger partial charge in [0, 0.05) is 29.4 Å². The Hall–Kier alpha value is -2.01. The molecule has 0 spiro atoms. The van der Waals surface area contributed by atoms with Crippen LogP contribution in [-0.4, -0.2) is 21.9 Å². The van der Waals surface area contributed by atoms with Crippen molar-refractivity contribution in [1.82, 2.24) is 20.4 Å². The van der Waals surface area contributed by atoms with E-state index in [1.165, 1.54) is 12.8 Å². The van der Waals surface area contributed by atoms with Crippen molar-refractivity contribution in [3.8, 4) is 5.69 Å². The molecule has 2 N–H and O–H groups in total. The summed E-state index contributed by atoms with van der Waals surface area (Å²) in [4.78, 5) is 12.0. The zero-order valence-electron chi connectivity index (χ0n) is 13.1. The molecular weight excluding hydrogens is 312 g/mol. The third-order valence-corrected chi connectivity index (χ3v) is 4.61. The molecule has 122 valence electrons. The first-order valence-electron chi connectivity index (χ1n) is 7.95. The highest BCUT2D eigenvalue weighted by Gasteiger charge is 2.24. The van der Waals surface area contributed by atoms with Crippen LogP contribution in [0.2, 0.25) is 5.02 Å². The number of aromatic nitrogens is 2. The Labute approximate surface area is 141 Å². The molecule has 6 heteroatoms. The summed E-state index contributed by atoms with van der Waals surface area (Å²) in [6, 6.07) is 7.65. The molecule has 3 rings (SSSR count). The number of nitrogens with one attached hydrogen (secondary N) is 2. The van der Waals surface area contributed by atoms with Crippen LogP contribution in [0.15, 0.2) is 36.7 Å². The van der Waals surface area contributed by atoms with E-state index in [-0.39, 0.29) is 6.03 Å². The number of carbonyl (C=O) groups excluding carboxylic acids is 1. The molecule has 2 amide bonds. The van der Waals surface area contributed by atoms with E-state index in [1.807, 2.05) is 30.5 Å². The molecule has 2 unspecified atom stereocenters. The van der Waals surface area contributed by atoms with Crippen LogP contribution in [0.4, 0.5) is 4.79 Å². The summed E-state index contributed by atoms with van der Waals surface area (Å²) >= 11 is 5.88. The molecule has 1 saturated carbocycles. The van der Waals surface area contributed by atoms with Crippen molar-refractivity contribution in [2.45, 2.75) is 38.8 Å². The fourth-order valence-corrected chi connectivity index (χ4v) is 3.07. The Kier molecular flexibility index (Phi) is 4.86. The lowest BCUT2D eigenvalue weighted by Gasteiger charge is -2.17. The van der Waals surface area contributed by atoms with Crippen molar-refractivity contribution in [1.29, 1.82) is 0 Å². The zero-order valence-corrected chi connectivity index (χ0v) is 13.9. The van der Waals surface area contributed by atoms with Crippen LogP contribution in [0, 0.1) is 5.92 Å². The van der Waals surface area contributed by atoms with Gasteiger partial charge in [-0.25, -0.2) is 9.48 Å². The average molecular weight is 333 g/mol. The van der Waals surface area contributed by atoms with Gasteiger partial charge in [0.2, 0.25) is 0 Å². The highest BCUT2D eigenvalue weighted by molar-refractivity contribution is 6.30. The number of carbonyl (C=O) groups is 1. The van der Waals surface area contributed by atoms with E-state index in [0.717, 1.165) is 17.7 Å². The van der Waals surface area contributed by atoms with E-state index in [4.69, 9.17) is 11.6 Å². The summed E-state index contributed by atoms with van der Waals surface area (Å²) in [5, 5.41) is 11.0. The number of urea groups is 1. The standard InChI is InChI=1S/C17H21ClN4O/c1-12-3-2-4-16(12)21-17(23)19-9-13-10-20-22(11-13)15-7-5-14(18)6-8-15/h5-8,10-12,16H,2-4,9H2,1H3,(H2,19,21,23). The van der Waals surface area contributed by atoms with Gasteiger partial charge in [-0.3, -0.25) is 0 Å². The van der Waals surface area contributed by atoms with E-state index in [2.05, 4.69) is 22.7 Å². The maximum Gasteiger partial charge on any atom is 0.315 e. The number of benzene rings is 1. The van der Waals surface area contributed by atoms with Gasteiger partial charge in [0.15, 0.2) is 0 Å². The minimum absolute atomic E-state index is 0.108. The Bertz CT molecular complexity index is 667. The van der Waals surface area contributed by atoms with Crippen molar-refractivity contribution in [3.63, 3.8) is 0 Å². The Morgan fingerprint density at radius 3 is 2.83 bits per heavy atom. The second kappa shape index (κ2) is 7.04. The molecule has 1 aliphatic rings. The van der Waals surface area contributed by atoms with Crippen LogP contribution < -0.4 is 10.6 Å². The lowest BCUT2D eigenvalue weighted by molar-refractivity contribution is 0.234. The van der Waals surface area contributed by atoms with E-state index >= 15 is 0 Å². The van der Waals surface area contributed by atoms with Gasteiger partial charge in [0.1, 0.15) is 0 Å². The Morgan fingerprint density at radius 2 is 2.13 bits per heavy atom. The number of nitrogens with zero attached hydrogens (tertiary/aromatic N) is 2. The number of hydrogen-bond donors (Lipinski definition) is 2. The largest absolute Gasteiger partial charge is 0.335 e. The first-order chi connectivity index (χ1) is 11.1. The van der Waals surface area contributed by atoms with Crippen LogP contribution in [0.3, 0.4) is 0 Å². The first-order valence-corrected chi connectivity index (χ1v) is 8.33. The minimum atomic E-state index is -0.108. The molecule has 0 radical (unpaired) electrons. The summed E-state index contributed by atoms with van der Waals surface area (Å²) in [5.74, 6) is 0.563. The molecule has 2 atom stereocenters. The van der Waals surface area contributed by atoms with Crippen molar-refractivity contribution in [2.75, 3.05) is 0 Å². The monoisotopic (exact) mass is 332 g/mol. The lowest BCUT2D eigenvalue weighted by Crippen LogP contribution is -2.42.